The molecule has 2 amide bonds. The predicted molar refractivity (Wildman–Crippen MR) is 152 cm³/mol. The van der Waals surface area contributed by atoms with Gasteiger partial charge in [0.15, 0.2) is 0 Å². The zero-order valence-electron chi connectivity index (χ0n) is 22.4. The van der Waals surface area contributed by atoms with E-state index in [9.17, 15) is 22.4 Å². The molecule has 39 heavy (non-hydrogen) atoms. The van der Waals surface area contributed by atoms with Gasteiger partial charge in [-0.3, -0.25) is 13.9 Å². The lowest BCUT2D eigenvalue weighted by molar-refractivity contribution is -0.139. The first-order chi connectivity index (χ1) is 18.4. The maximum absolute atomic E-state index is 13.9. The average Bonchev–Trinajstić information content (AvgIpc) is 2.90. The number of sulfonamides is 1. The summed E-state index contributed by atoms with van der Waals surface area (Å²) in [5.74, 6) is -1.40. The fourth-order valence-corrected chi connectivity index (χ4v) is 5.72. The maximum Gasteiger partial charge on any atom is 0.264 e. The quantitative estimate of drug-likeness (QED) is 0.340. The molecule has 0 spiro atoms. The van der Waals surface area contributed by atoms with Crippen LogP contribution in [0.1, 0.15) is 37.0 Å². The van der Waals surface area contributed by atoms with Crippen LogP contribution in [0.2, 0.25) is 5.02 Å². The number of anilines is 1. The number of halogens is 2. The second-order valence-electron chi connectivity index (χ2n) is 9.37. The smallest absolute Gasteiger partial charge is 0.264 e. The van der Waals surface area contributed by atoms with E-state index in [0.717, 1.165) is 9.87 Å². The Balaban J connectivity index is 2.05. The normalized spacial score (nSPS) is 12.1. The van der Waals surface area contributed by atoms with Gasteiger partial charge in [-0.15, -0.1) is 0 Å². The largest absolute Gasteiger partial charge is 0.354 e. The molecule has 0 bridgehead atoms. The Morgan fingerprint density at radius 1 is 1.00 bits per heavy atom. The van der Waals surface area contributed by atoms with Gasteiger partial charge in [0.25, 0.3) is 10.0 Å². The number of nitrogens with one attached hydrogen (secondary N) is 1. The third kappa shape index (κ3) is 7.58. The minimum atomic E-state index is -4.18. The zero-order chi connectivity index (χ0) is 28.7. The van der Waals surface area contributed by atoms with Gasteiger partial charge in [-0.25, -0.2) is 12.8 Å². The Hall–Kier alpha value is -3.43. The number of carbonyl (C=O) groups excluding carboxylic acids is 2. The van der Waals surface area contributed by atoms with E-state index in [2.05, 4.69) is 5.32 Å². The van der Waals surface area contributed by atoms with Crippen LogP contribution < -0.4 is 9.62 Å². The van der Waals surface area contributed by atoms with Crippen molar-refractivity contribution in [1.29, 1.82) is 0 Å². The summed E-state index contributed by atoms with van der Waals surface area (Å²) in [6.07, 6.45) is 0.711. The molecule has 0 saturated heterocycles. The molecule has 0 saturated carbocycles. The van der Waals surface area contributed by atoms with Gasteiger partial charge in [-0.1, -0.05) is 48.4 Å². The van der Waals surface area contributed by atoms with Gasteiger partial charge in [0, 0.05) is 18.1 Å². The van der Waals surface area contributed by atoms with E-state index in [1.165, 1.54) is 41.3 Å². The van der Waals surface area contributed by atoms with E-state index >= 15 is 0 Å². The van der Waals surface area contributed by atoms with Crippen molar-refractivity contribution < 1.29 is 22.4 Å². The molecule has 1 atom stereocenters. The first kappa shape index (κ1) is 30.1. The summed E-state index contributed by atoms with van der Waals surface area (Å²) in [4.78, 5) is 28.1. The Kier molecular flexibility index (Phi) is 10.1. The van der Waals surface area contributed by atoms with Crippen LogP contribution >= 0.6 is 11.6 Å². The van der Waals surface area contributed by atoms with Gasteiger partial charge in [0.1, 0.15) is 18.4 Å². The van der Waals surface area contributed by atoms with Crippen molar-refractivity contribution in [1.82, 2.24) is 10.2 Å². The molecule has 10 heteroatoms. The number of hydrogen-bond donors (Lipinski definition) is 1. The maximum atomic E-state index is 13.9. The number of rotatable bonds is 11. The molecule has 0 aromatic heterocycles. The Morgan fingerprint density at radius 2 is 1.64 bits per heavy atom. The summed E-state index contributed by atoms with van der Waals surface area (Å²) in [5, 5.41) is 3.21. The summed E-state index contributed by atoms with van der Waals surface area (Å²) >= 11 is 6.13. The van der Waals surface area contributed by atoms with Crippen LogP contribution in [0, 0.1) is 19.7 Å². The molecule has 1 N–H and O–H groups in total. The molecule has 7 nitrogen and oxygen atoms in total. The lowest BCUT2D eigenvalue weighted by Gasteiger charge is -2.32. The second kappa shape index (κ2) is 13.1. The fraction of sp³-hybridized carbons (Fsp3) is 0.310. The molecule has 0 radical (unpaired) electrons. The van der Waals surface area contributed by atoms with Gasteiger partial charge >= 0.3 is 0 Å². The lowest BCUT2D eigenvalue weighted by atomic mass is 10.1. The Bertz CT molecular complexity index is 1410. The molecular formula is C29H33ClFN3O4S. The van der Waals surface area contributed by atoms with E-state index in [0.29, 0.717) is 29.1 Å². The number of amides is 2. The van der Waals surface area contributed by atoms with Crippen LogP contribution in [0.4, 0.5) is 10.1 Å². The summed E-state index contributed by atoms with van der Waals surface area (Å²) < 4.78 is 42.3. The zero-order valence-corrected chi connectivity index (χ0v) is 24.0. The first-order valence-corrected chi connectivity index (χ1v) is 14.4. The molecule has 0 heterocycles. The van der Waals surface area contributed by atoms with Crippen molar-refractivity contribution in [3.8, 4) is 0 Å². The van der Waals surface area contributed by atoms with Gasteiger partial charge < -0.3 is 10.2 Å². The molecule has 0 aliphatic heterocycles. The molecule has 0 aliphatic rings. The van der Waals surface area contributed by atoms with Crippen LogP contribution in [0.25, 0.3) is 0 Å². The van der Waals surface area contributed by atoms with Crippen LogP contribution in [-0.2, 0) is 26.2 Å². The van der Waals surface area contributed by atoms with E-state index in [4.69, 9.17) is 11.6 Å². The Labute approximate surface area is 234 Å². The van der Waals surface area contributed by atoms with Crippen LogP contribution in [-0.4, -0.2) is 44.3 Å². The van der Waals surface area contributed by atoms with Gasteiger partial charge in [0.2, 0.25) is 11.8 Å². The van der Waals surface area contributed by atoms with E-state index < -0.39 is 34.3 Å². The first-order valence-electron chi connectivity index (χ1n) is 12.6. The molecule has 0 unspecified atom stereocenters. The molecule has 3 rings (SSSR count). The molecule has 3 aromatic carbocycles. The Morgan fingerprint density at radius 3 is 2.23 bits per heavy atom. The number of nitrogens with zero attached hydrogens (tertiary/aromatic N) is 2. The summed E-state index contributed by atoms with van der Waals surface area (Å²) in [6, 6.07) is 15.8. The fourth-order valence-electron chi connectivity index (χ4n) is 4.01. The van der Waals surface area contributed by atoms with Crippen molar-refractivity contribution in [2.75, 3.05) is 17.4 Å². The number of carbonyl (C=O) groups is 2. The third-order valence-corrected chi connectivity index (χ3v) is 8.31. The minimum Gasteiger partial charge on any atom is -0.354 e. The highest BCUT2D eigenvalue weighted by molar-refractivity contribution is 7.92. The number of benzene rings is 3. The van der Waals surface area contributed by atoms with E-state index in [1.54, 1.807) is 44.2 Å². The molecule has 0 aliphatic carbocycles. The standard InChI is InChI=1S/C29H33ClFN3O4S/c1-5-16-32-29(36)22(4)33(18-23-8-11-25(31)12-9-23)28(35)19-34(27-15-10-24(30)17-21(27)3)39(37,38)26-13-6-20(2)7-14-26/h6-15,17,22H,5,16,18-19H2,1-4H3,(H,32,36)/t22-/m1/s1. The van der Waals surface area contributed by atoms with Crippen LogP contribution in [0.5, 0.6) is 0 Å². The molecule has 0 fully saturated rings. The van der Waals surface area contributed by atoms with Crippen molar-refractivity contribution >= 4 is 39.1 Å². The van der Waals surface area contributed by atoms with Gasteiger partial charge in [-0.2, -0.15) is 0 Å². The van der Waals surface area contributed by atoms with E-state index in [1.807, 2.05) is 13.8 Å². The topological polar surface area (TPSA) is 86.8 Å². The van der Waals surface area contributed by atoms with Crippen molar-refractivity contribution in [2.45, 2.75) is 51.6 Å². The van der Waals surface area contributed by atoms with Crippen molar-refractivity contribution in [2.24, 2.45) is 0 Å². The van der Waals surface area contributed by atoms with Gasteiger partial charge in [-0.05, 0) is 80.8 Å². The predicted octanol–water partition coefficient (Wildman–Crippen LogP) is 5.23. The highest BCUT2D eigenvalue weighted by Crippen LogP contribution is 2.29. The highest BCUT2D eigenvalue weighted by Gasteiger charge is 2.33. The SMILES string of the molecule is CCCNC(=O)[C@@H](C)N(Cc1ccc(F)cc1)C(=O)CN(c1ccc(Cl)cc1C)S(=O)(=O)c1ccc(C)cc1. The monoisotopic (exact) mass is 573 g/mol. The minimum absolute atomic E-state index is 0.0160. The lowest BCUT2D eigenvalue weighted by Crippen LogP contribution is -2.51. The molecular weight excluding hydrogens is 541 g/mol. The third-order valence-electron chi connectivity index (χ3n) is 6.30. The van der Waals surface area contributed by atoms with E-state index in [-0.39, 0.29) is 23.0 Å². The number of aryl methyl sites for hydroxylation is 2. The summed E-state index contributed by atoms with van der Waals surface area (Å²) in [5.41, 5.74) is 2.33. The van der Waals surface area contributed by atoms with Gasteiger partial charge in [0.05, 0.1) is 10.6 Å². The summed E-state index contributed by atoms with van der Waals surface area (Å²) in [6.45, 7) is 6.90. The van der Waals surface area contributed by atoms with Crippen molar-refractivity contribution in [3.63, 3.8) is 0 Å². The second-order valence-corrected chi connectivity index (χ2v) is 11.7. The number of hydrogen-bond acceptors (Lipinski definition) is 4. The summed E-state index contributed by atoms with van der Waals surface area (Å²) in [7, 11) is -4.18. The van der Waals surface area contributed by atoms with Crippen molar-refractivity contribution in [3.05, 3.63) is 94.3 Å². The van der Waals surface area contributed by atoms with Crippen LogP contribution in [0.15, 0.2) is 71.6 Å². The molecule has 3 aromatic rings. The molecule has 208 valence electrons. The highest BCUT2D eigenvalue weighted by atomic mass is 35.5. The average molecular weight is 574 g/mol. The van der Waals surface area contributed by atoms with Crippen LogP contribution in [0.3, 0.4) is 0 Å².